The highest BCUT2D eigenvalue weighted by Gasteiger charge is 2.24. The van der Waals surface area contributed by atoms with Crippen LogP contribution in [0.3, 0.4) is 0 Å². The van der Waals surface area contributed by atoms with Crippen molar-refractivity contribution < 1.29 is 5.11 Å². The third kappa shape index (κ3) is 3.93. The number of guanidine groups is 1. The summed E-state index contributed by atoms with van der Waals surface area (Å²) in [7, 11) is 1.85. The summed E-state index contributed by atoms with van der Waals surface area (Å²) in [4.78, 5) is 8.64. The summed E-state index contributed by atoms with van der Waals surface area (Å²) in [5, 5.41) is 20.3. The predicted molar refractivity (Wildman–Crippen MR) is 77.2 cm³/mol. The van der Waals surface area contributed by atoms with Gasteiger partial charge >= 0.3 is 0 Å². The Labute approximate surface area is 119 Å². The highest BCUT2D eigenvalue weighted by atomic mass is 16.3. The fourth-order valence-electron chi connectivity index (χ4n) is 2.44. The number of rotatable bonds is 5. The van der Waals surface area contributed by atoms with Crippen molar-refractivity contribution in [2.75, 3.05) is 13.1 Å². The third-order valence-corrected chi connectivity index (χ3v) is 3.68. The number of nitrogens with zero attached hydrogens (tertiary/aromatic N) is 4. The topological polar surface area (TPSA) is 87.4 Å². The minimum Gasteiger partial charge on any atom is -0.393 e. The summed E-state index contributed by atoms with van der Waals surface area (Å²) in [5.41, 5.74) is 0. The number of nitrogens with one attached hydrogen (secondary N) is 2. The lowest BCUT2D eigenvalue weighted by molar-refractivity contribution is 0.134. The highest BCUT2D eigenvalue weighted by molar-refractivity contribution is 5.79. The molecule has 0 radical (unpaired) electrons. The first-order chi connectivity index (χ1) is 9.70. The molecule has 0 amide bonds. The summed E-state index contributed by atoms with van der Waals surface area (Å²) in [5.74, 6) is 1.91. The van der Waals surface area contributed by atoms with Gasteiger partial charge in [-0.2, -0.15) is 5.10 Å². The Balaban J connectivity index is 1.87. The van der Waals surface area contributed by atoms with E-state index in [0.29, 0.717) is 12.5 Å². The van der Waals surface area contributed by atoms with Crippen LogP contribution in [0.15, 0.2) is 11.3 Å². The molecule has 2 rings (SSSR count). The van der Waals surface area contributed by atoms with Crippen LogP contribution in [0, 0.1) is 5.92 Å². The van der Waals surface area contributed by atoms with Crippen molar-refractivity contribution >= 4 is 5.96 Å². The summed E-state index contributed by atoms with van der Waals surface area (Å²) in [6, 6.07) is 0. The Morgan fingerprint density at radius 1 is 1.50 bits per heavy atom. The molecule has 1 aliphatic carbocycles. The van der Waals surface area contributed by atoms with Crippen LogP contribution < -0.4 is 10.6 Å². The van der Waals surface area contributed by atoms with Gasteiger partial charge in [0.1, 0.15) is 18.7 Å². The van der Waals surface area contributed by atoms with Crippen molar-refractivity contribution in [3.63, 3.8) is 0 Å². The van der Waals surface area contributed by atoms with Crippen molar-refractivity contribution in [1.29, 1.82) is 0 Å². The van der Waals surface area contributed by atoms with E-state index in [2.05, 4.69) is 25.7 Å². The molecule has 2 atom stereocenters. The third-order valence-electron chi connectivity index (χ3n) is 3.68. The van der Waals surface area contributed by atoms with Gasteiger partial charge < -0.3 is 15.7 Å². The van der Waals surface area contributed by atoms with Crippen LogP contribution in [0.25, 0.3) is 0 Å². The molecule has 3 N–H and O–H groups in total. The zero-order chi connectivity index (χ0) is 14.4. The number of hydrogen-bond donors (Lipinski definition) is 3. The Morgan fingerprint density at radius 2 is 2.35 bits per heavy atom. The van der Waals surface area contributed by atoms with Gasteiger partial charge in [-0.05, 0) is 19.8 Å². The van der Waals surface area contributed by atoms with E-state index in [-0.39, 0.29) is 6.10 Å². The number of hydrogen-bond acceptors (Lipinski definition) is 4. The predicted octanol–water partition coefficient (Wildman–Crippen LogP) is 0.0312. The molecule has 0 aromatic carbocycles. The van der Waals surface area contributed by atoms with Crippen LogP contribution in [-0.2, 0) is 13.6 Å². The van der Waals surface area contributed by atoms with E-state index in [1.165, 1.54) is 6.33 Å². The number of aliphatic hydroxyl groups is 1. The zero-order valence-corrected chi connectivity index (χ0v) is 12.2. The molecule has 20 heavy (non-hydrogen) atoms. The number of aromatic nitrogens is 3. The molecule has 1 aromatic heterocycles. The summed E-state index contributed by atoms with van der Waals surface area (Å²) < 4.78 is 1.72. The Morgan fingerprint density at radius 3 is 2.95 bits per heavy atom. The van der Waals surface area contributed by atoms with Crippen molar-refractivity contribution in [2.45, 2.75) is 38.8 Å². The van der Waals surface area contributed by atoms with Crippen molar-refractivity contribution in [3.8, 4) is 0 Å². The maximum atomic E-state index is 9.83. The van der Waals surface area contributed by atoms with Crippen LogP contribution in [0.4, 0.5) is 0 Å². The molecular formula is C13H24N6O. The molecule has 2 unspecified atom stereocenters. The average Bonchev–Trinajstić information content (AvgIpc) is 3.02. The maximum absolute atomic E-state index is 9.83. The Hall–Kier alpha value is -1.63. The highest BCUT2D eigenvalue weighted by Crippen LogP contribution is 2.24. The minimum absolute atomic E-state index is 0.177. The Kier molecular flexibility index (Phi) is 5.34. The van der Waals surface area contributed by atoms with E-state index in [4.69, 9.17) is 0 Å². The standard InChI is InChI=1S/C13H24N6O/c1-3-14-13(15-7-10-5-4-6-11(10)20)16-8-12-17-9-18-19(12)2/h9-11,20H,3-8H2,1-2H3,(H2,14,15,16). The van der Waals surface area contributed by atoms with Gasteiger partial charge in [0.15, 0.2) is 5.96 Å². The lowest BCUT2D eigenvalue weighted by Gasteiger charge is -2.17. The molecule has 0 saturated heterocycles. The van der Waals surface area contributed by atoms with Crippen molar-refractivity contribution in [3.05, 3.63) is 12.2 Å². The summed E-state index contributed by atoms with van der Waals surface area (Å²) in [6.07, 6.45) is 4.46. The van der Waals surface area contributed by atoms with Crippen molar-refractivity contribution in [2.24, 2.45) is 18.0 Å². The molecule has 112 valence electrons. The normalized spacial score (nSPS) is 23.1. The van der Waals surface area contributed by atoms with E-state index in [9.17, 15) is 5.11 Å². The fourth-order valence-corrected chi connectivity index (χ4v) is 2.44. The van der Waals surface area contributed by atoms with E-state index in [1.54, 1.807) is 4.68 Å². The quantitative estimate of drug-likeness (QED) is 0.523. The molecule has 1 saturated carbocycles. The minimum atomic E-state index is -0.177. The molecule has 1 aromatic rings. The van der Waals surface area contributed by atoms with Crippen LogP contribution in [0.2, 0.25) is 0 Å². The first kappa shape index (κ1) is 14.8. The second-order valence-electron chi connectivity index (χ2n) is 5.13. The summed E-state index contributed by atoms with van der Waals surface area (Å²) >= 11 is 0. The van der Waals surface area contributed by atoms with Gasteiger partial charge in [0.2, 0.25) is 0 Å². The lowest BCUT2D eigenvalue weighted by atomic mass is 10.1. The molecule has 0 spiro atoms. The molecule has 1 heterocycles. The van der Waals surface area contributed by atoms with E-state index in [1.807, 2.05) is 14.0 Å². The second kappa shape index (κ2) is 7.23. The largest absolute Gasteiger partial charge is 0.393 e. The van der Waals surface area contributed by atoms with E-state index < -0.39 is 0 Å². The SMILES string of the molecule is CCNC(=NCc1ncnn1C)NCC1CCCC1O. The molecule has 7 nitrogen and oxygen atoms in total. The number of aliphatic hydroxyl groups excluding tert-OH is 1. The smallest absolute Gasteiger partial charge is 0.191 e. The van der Waals surface area contributed by atoms with Crippen molar-refractivity contribution in [1.82, 2.24) is 25.4 Å². The zero-order valence-electron chi connectivity index (χ0n) is 12.2. The van der Waals surface area contributed by atoms with Crippen LogP contribution in [0.5, 0.6) is 0 Å². The van der Waals surface area contributed by atoms with Gasteiger partial charge in [-0.25, -0.2) is 9.98 Å². The Bertz CT molecular complexity index is 444. The molecule has 7 heteroatoms. The second-order valence-corrected chi connectivity index (χ2v) is 5.13. The number of aliphatic imine (C=N–C) groups is 1. The maximum Gasteiger partial charge on any atom is 0.191 e. The van der Waals surface area contributed by atoms with Crippen LogP contribution in [0.1, 0.15) is 32.0 Å². The van der Waals surface area contributed by atoms with Gasteiger partial charge in [-0.15, -0.1) is 0 Å². The average molecular weight is 280 g/mol. The van der Waals surface area contributed by atoms with E-state index in [0.717, 1.165) is 44.1 Å². The molecule has 1 aliphatic rings. The van der Waals surface area contributed by atoms with Gasteiger partial charge in [-0.3, -0.25) is 4.68 Å². The first-order valence-electron chi connectivity index (χ1n) is 7.23. The monoisotopic (exact) mass is 280 g/mol. The molecule has 1 fully saturated rings. The van der Waals surface area contributed by atoms with Gasteiger partial charge in [0.05, 0.1) is 6.10 Å². The number of aryl methyl sites for hydroxylation is 1. The molecule has 0 bridgehead atoms. The van der Waals surface area contributed by atoms with Crippen LogP contribution >= 0.6 is 0 Å². The fraction of sp³-hybridized carbons (Fsp3) is 0.769. The molecule has 0 aliphatic heterocycles. The molecular weight excluding hydrogens is 256 g/mol. The van der Waals surface area contributed by atoms with Gasteiger partial charge in [-0.1, -0.05) is 6.42 Å². The van der Waals surface area contributed by atoms with Crippen LogP contribution in [-0.4, -0.2) is 45.0 Å². The summed E-state index contributed by atoms with van der Waals surface area (Å²) in [6.45, 7) is 4.08. The first-order valence-corrected chi connectivity index (χ1v) is 7.23. The van der Waals surface area contributed by atoms with E-state index >= 15 is 0 Å². The van der Waals surface area contributed by atoms with Gasteiger partial charge in [0.25, 0.3) is 0 Å². The lowest BCUT2D eigenvalue weighted by Crippen LogP contribution is -2.41. The van der Waals surface area contributed by atoms with Gasteiger partial charge in [0, 0.05) is 26.1 Å².